The molecule has 1 aliphatic carbocycles. The minimum absolute atomic E-state index is 0.132. The predicted molar refractivity (Wildman–Crippen MR) is 128 cm³/mol. The van der Waals surface area contributed by atoms with Crippen molar-refractivity contribution in [3.05, 3.63) is 83.4 Å². The van der Waals surface area contributed by atoms with Gasteiger partial charge in [-0.15, -0.1) is 0 Å². The summed E-state index contributed by atoms with van der Waals surface area (Å²) in [6, 6.07) is 24.1. The molecule has 0 radical (unpaired) electrons. The Labute approximate surface area is 189 Å². The van der Waals surface area contributed by atoms with Crippen molar-refractivity contribution in [1.29, 1.82) is 5.26 Å². The Hall–Kier alpha value is -3.58. The van der Waals surface area contributed by atoms with Crippen molar-refractivity contribution >= 4 is 22.8 Å². The molecule has 0 saturated heterocycles. The van der Waals surface area contributed by atoms with Gasteiger partial charge in [0.15, 0.2) is 0 Å². The first-order valence-electron chi connectivity index (χ1n) is 11.3. The van der Waals surface area contributed by atoms with Crippen molar-refractivity contribution in [2.45, 2.75) is 45.3 Å². The highest BCUT2D eigenvalue weighted by Crippen LogP contribution is 2.24. The molecule has 3 aromatic rings. The molecule has 0 unspecified atom stereocenters. The molecule has 3 aromatic carbocycles. The maximum absolute atomic E-state index is 12.6. The molecule has 0 aromatic heterocycles. The van der Waals surface area contributed by atoms with E-state index in [-0.39, 0.29) is 17.5 Å². The number of benzene rings is 3. The summed E-state index contributed by atoms with van der Waals surface area (Å²) in [5.41, 5.74) is 2.06. The van der Waals surface area contributed by atoms with Crippen LogP contribution in [0, 0.1) is 17.2 Å². The predicted octanol–water partition coefficient (Wildman–Crippen LogP) is 6.02. The van der Waals surface area contributed by atoms with E-state index < -0.39 is 0 Å². The van der Waals surface area contributed by atoms with Gasteiger partial charge in [0, 0.05) is 6.04 Å². The van der Waals surface area contributed by atoms with Crippen LogP contribution < -0.4 is 10.1 Å². The lowest BCUT2D eigenvalue weighted by molar-refractivity contribution is -0.118. The average molecular weight is 425 g/mol. The highest BCUT2D eigenvalue weighted by atomic mass is 16.5. The summed E-state index contributed by atoms with van der Waals surface area (Å²) in [5.74, 6) is 0.905. The normalized spacial score (nSPS) is 18.7. The van der Waals surface area contributed by atoms with Crippen molar-refractivity contribution in [2.24, 2.45) is 5.92 Å². The largest absolute Gasteiger partial charge is 0.489 e. The van der Waals surface area contributed by atoms with E-state index in [9.17, 15) is 10.1 Å². The zero-order chi connectivity index (χ0) is 22.3. The Morgan fingerprint density at radius 3 is 2.59 bits per heavy atom. The van der Waals surface area contributed by atoms with Crippen LogP contribution in [0.5, 0.6) is 5.75 Å². The number of rotatable bonds is 6. The van der Waals surface area contributed by atoms with Crippen LogP contribution in [-0.4, -0.2) is 11.9 Å². The van der Waals surface area contributed by atoms with Crippen LogP contribution in [0.25, 0.3) is 16.8 Å². The van der Waals surface area contributed by atoms with Gasteiger partial charge in [-0.1, -0.05) is 74.4 Å². The number of fused-ring (bicyclic) bond motifs is 1. The van der Waals surface area contributed by atoms with E-state index in [0.717, 1.165) is 36.1 Å². The molecular formula is C28H28N2O2. The lowest BCUT2D eigenvalue weighted by Crippen LogP contribution is -2.41. The van der Waals surface area contributed by atoms with E-state index in [0.29, 0.717) is 12.5 Å². The Bertz CT molecular complexity index is 1150. The molecular weight excluding hydrogens is 396 g/mol. The van der Waals surface area contributed by atoms with Crippen LogP contribution in [-0.2, 0) is 11.4 Å². The second-order valence-corrected chi connectivity index (χ2v) is 8.51. The van der Waals surface area contributed by atoms with Crippen LogP contribution in [0.15, 0.2) is 72.3 Å². The van der Waals surface area contributed by atoms with E-state index in [1.165, 1.54) is 17.2 Å². The second kappa shape index (κ2) is 10.2. The number of nitrogens with zero attached hydrogens (tertiary/aromatic N) is 1. The molecule has 1 amide bonds. The fourth-order valence-corrected chi connectivity index (χ4v) is 4.33. The molecule has 0 aliphatic heterocycles. The minimum Gasteiger partial charge on any atom is -0.489 e. The fraction of sp³-hybridized carbons (Fsp3) is 0.286. The van der Waals surface area contributed by atoms with Crippen molar-refractivity contribution in [3.8, 4) is 11.8 Å². The van der Waals surface area contributed by atoms with Crippen LogP contribution in [0.1, 0.15) is 43.7 Å². The monoisotopic (exact) mass is 424 g/mol. The Morgan fingerprint density at radius 1 is 1.06 bits per heavy atom. The molecule has 1 aliphatic rings. The van der Waals surface area contributed by atoms with E-state index >= 15 is 0 Å². The van der Waals surface area contributed by atoms with Gasteiger partial charge in [-0.05, 0) is 58.9 Å². The number of carbonyl (C=O) groups excluding carboxylic acids is 1. The second-order valence-electron chi connectivity index (χ2n) is 8.51. The Balaban J connectivity index is 1.40. The Morgan fingerprint density at radius 2 is 1.81 bits per heavy atom. The van der Waals surface area contributed by atoms with Gasteiger partial charge in [0.05, 0.1) is 0 Å². The number of nitrogens with one attached hydrogen (secondary N) is 1. The Kier molecular flexibility index (Phi) is 6.87. The number of nitriles is 1. The molecule has 4 heteroatoms. The summed E-state index contributed by atoms with van der Waals surface area (Å²) < 4.78 is 5.98. The van der Waals surface area contributed by atoms with Crippen molar-refractivity contribution in [3.63, 3.8) is 0 Å². The summed E-state index contributed by atoms with van der Waals surface area (Å²) in [6.07, 6.45) is 6.08. The first kappa shape index (κ1) is 21.6. The van der Waals surface area contributed by atoms with Gasteiger partial charge >= 0.3 is 0 Å². The maximum atomic E-state index is 12.6. The summed E-state index contributed by atoms with van der Waals surface area (Å²) in [5, 5.41) is 14.9. The summed E-state index contributed by atoms with van der Waals surface area (Å²) in [6.45, 7) is 2.64. The van der Waals surface area contributed by atoms with Gasteiger partial charge in [0.2, 0.25) is 0 Å². The van der Waals surface area contributed by atoms with Gasteiger partial charge in [-0.25, -0.2) is 0 Å². The zero-order valence-corrected chi connectivity index (χ0v) is 18.4. The highest BCUT2D eigenvalue weighted by molar-refractivity contribution is 6.01. The summed E-state index contributed by atoms with van der Waals surface area (Å²) in [7, 11) is 0. The number of ether oxygens (including phenoxy) is 1. The zero-order valence-electron chi connectivity index (χ0n) is 18.4. The molecule has 32 heavy (non-hydrogen) atoms. The quantitative estimate of drug-likeness (QED) is 0.389. The SMILES string of the molecule is C[C@@H]1CCCC[C@H]1NC(=O)/C(C#N)=C/c1ccc(OCc2cccc3ccccc23)cc1. The molecule has 2 atom stereocenters. The molecule has 4 rings (SSSR count). The lowest BCUT2D eigenvalue weighted by Gasteiger charge is -2.29. The first-order valence-corrected chi connectivity index (χ1v) is 11.3. The third-order valence-electron chi connectivity index (χ3n) is 6.26. The highest BCUT2D eigenvalue weighted by Gasteiger charge is 2.24. The van der Waals surface area contributed by atoms with Gasteiger partial charge in [0.1, 0.15) is 24.0 Å². The summed E-state index contributed by atoms with van der Waals surface area (Å²) in [4.78, 5) is 12.6. The van der Waals surface area contributed by atoms with Gasteiger partial charge in [0.25, 0.3) is 5.91 Å². The van der Waals surface area contributed by atoms with E-state index in [2.05, 4.69) is 42.6 Å². The maximum Gasteiger partial charge on any atom is 0.262 e. The van der Waals surface area contributed by atoms with E-state index in [1.54, 1.807) is 6.08 Å². The number of hydrogen-bond donors (Lipinski definition) is 1. The van der Waals surface area contributed by atoms with E-state index in [4.69, 9.17) is 4.74 Å². The minimum atomic E-state index is -0.289. The molecule has 0 heterocycles. The van der Waals surface area contributed by atoms with Crippen LogP contribution >= 0.6 is 0 Å². The van der Waals surface area contributed by atoms with Crippen LogP contribution in [0.2, 0.25) is 0 Å². The molecule has 1 fully saturated rings. The summed E-state index contributed by atoms with van der Waals surface area (Å²) >= 11 is 0. The molecule has 162 valence electrons. The van der Waals surface area contributed by atoms with Crippen LogP contribution in [0.4, 0.5) is 0 Å². The topological polar surface area (TPSA) is 62.1 Å². The lowest BCUT2D eigenvalue weighted by atomic mass is 9.86. The third kappa shape index (κ3) is 5.18. The van der Waals surface area contributed by atoms with Crippen molar-refractivity contribution in [1.82, 2.24) is 5.32 Å². The van der Waals surface area contributed by atoms with Crippen LogP contribution in [0.3, 0.4) is 0 Å². The third-order valence-corrected chi connectivity index (χ3v) is 6.26. The van der Waals surface area contributed by atoms with Gasteiger partial charge < -0.3 is 10.1 Å². The molecule has 1 saturated carbocycles. The molecule has 1 N–H and O–H groups in total. The number of carbonyl (C=O) groups is 1. The number of hydrogen-bond acceptors (Lipinski definition) is 3. The average Bonchev–Trinajstić information content (AvgIpc) is 2.83. The van der Waals surface area contributed by atoms with Gasteiger partial charge in [-0.2, -0.15) is 5.26 Å². The molecule has 0 bridgehead atoms. The van der Waals surface area contributed by atoms with Gasteiger partial charge in [-0.3, -0.25) is 4.79 Å². The number of amides is 1. The smallest absolute Gasteiger partial charge is 0.262 e. The molecule has 0 spiro atoms. The van der Waals surface area contributed by atoms with Crippen molar-refractivity contribution in [2.75, 3.05) is 0 Å². The van der Waals surface area contributed by atoms with E-state index in [1.807, 2.05) is 42.5 Å². The first-order chi connectivity index (χ1) is 15.6. The fourth-order valence-electron chi connectivity index (χ4n) is 4.33. The standard InChI is InChI=1S/C28H28N2O2/c1-20-7-2-5-12-27(20)30-28(31)24(18-29)17-21-13-15-25(16-14-21)32-19-23-10-6-9-22-8-3-4-11-26(22)23/h3-4,6,8-11,13-17,20,27H,2,5,7,12,19H2,1H3,(H,30,31)/b24-17+/t20-,27-/m1/s1. The van der Waals surface area contributed by atoms with Crippen molar-refractivity contribution < 1.29 is 9.53 Å². The molecule has 4 nitrogen and oxygen atoms in total.